The van der Waals surface area contributed by atoms with E-state index in [4.69, 9.17) is 4.52 Å². The number of nitrogens with zero attached hydrogens (tertiary/aromatic N) is 6. The molecule has 0 saturated heterocycles. The predicted octanol–water partition coefficient (Wildman–Crippen LogP) is 2.35. The Morgan fingerprint density at radius 2 is 2.09 bits per heavy atom. The van der Waals surface area contributed by atoms with Crippen LogP contribution in [-0.2, 0) is 18.7 Å². The lowest BCUT2D eigenvalue weighted by Crippen LogP contribution is -2.03. The molecule has 0 N–H and O–H groups in total. The van der Waals surface area contributed by atoms with Gasteiger partial charge in [-0.2, -0.15) is 4.98 Å². The van der Waals surface area contributed by atoms with E-state index in [0.717, 1.165) is 29.4 Å². The van der Waals surface area contributed by atoms with Gasteiger partial charge in [0.25, 0.3) is 0 Å². The molecule has 0 spiro atoms. The topological polar surface area (TPSA) is 82.5 Å². The first-order valence-electron chi connectivity index (χ1n) is 7.09. The van der Waals surface area contributed by atoms with Gasteiger partial charge < -0.3 is 4.52 Å². The van der Waals surface area contributed by atoms with Crippen molar-refractivity contribution in [2.45, 2.75) is 37.2 Å². The second-order valence-electron chi connectivity index (χ2n) is 4.75. The maximum absolute atomic E-state index is 5.21. The van der Waals surface area contributed by atoms with Gasteiger partial charge in [0.1, 0.15) is 0 Å². The Balaban J connectivity index is 1.62. The molecule has 1 aromatic carbocycles. The molecule has 3 rings (SSSR count). The van der Waals surface area contributed by atoms with E-state index in [-0.39, 0.29) is 0 Å². The number of thioether (sulfide) groups is 1. The summed E-state index contributed by atoms with van der Waals surface area (Å²) in [5, 5.41) is 16.5. The van der Waals surface area contributed by atoms with Crippen LogP contribution in [0.3, 0.4) is 0 Å². The lowest BCUT2D eigenvalue weighted by Gasteiger charge is -2.03. The van der Waals surface area contributed by atoms with Crippen LogP contribution in [0.5, 0.6) is 0 Å². The molecule has 8 heteroatoms. The average Bonchev–Trinajstić information content (AvgIpc) is 3.16. The highest BCUT2D eigenvalue weighted by molar-refractivity contribution is 7.98. The van der Waals surface area contributed by atoms with Gasteiger partial charge in [-0.3, -0.25) is 0 Å². The van der Waals surface area contributed by atoms with Gasteiger partial charge in [0.15, 0.2) is 5.82 Å². The Kier molecular flexibility index (Phi) is 4.79. The first-order chi connectivity index (χ1) is 10.8. The Labute approximate surface area is 132 Å². The molecule has 0 bridgehead atoms. The third kappa shape index (κ3) is 3.70. The van der Waals surface area contributed by atoms with Gasteiger partial charge in [-0.25, -0.2) is 4.68 Å². The second-order valence-corrected chi connectivity index (χ2v) is 5.69. The van der Waals surface area contributed by atoms with Crippen LogP contribution < -0.4 is 0 Å². The van der Waals surface area contributed by atoms with Crippen LogP contribution in [0.1, 0.15) is 30.6 Å². The van der Waals surface area contributed by atoms with Crippen LogP contribution >= 0.6 is 11.8 Å². The van der Waals surface area contributed by atoms with Crippen molar-refractivity contribution in [3.63, 3.8) is 0 Å². The zero-order chi connectivity index (χ0) is 15.2. The highest BCUT2D eigenvalue weighted by Gasteiger charge is 2.11. The largest absolute Gasteiger partial charge is 0.338 e. The lowest BCUT2D eigenvalue weighted by atomic mass is 10.2. The van der Waals surface area contributed by atoms with Crippen LogP contribution in [0.25, 0.3) is 0 Å². The van der Waals surface area contributed by atoms with Crippen molar-refractivity contribution in [2.24, 2.45) is 0 Å². The molecule has 0 aliphatic rings. The fraction of sp³-hybridized carbons (Fsp3) is 0.357. The van der Waals surface area contributed by atoms with E-state index in [9.17, 15) is 0 Å². The molecular formula is C14H16N6OS. The summed E-state index contributed by atoms with van der Waals surface area (Å²) in [6, 6.07) is 10.1. The van der Waals surface area contributed by atoms with Gasteiger partial charge in [0.2, 0.25) is 11.0 Å². The minimum absolute atomic E-state index is 0.561. The quantitative estimate of drug-likeness (QED) is 0.619. The van der Waals surface area contributed by atoms with Gasteiger partial charge in [-0.15, -0.1) is 5.10 Å². The van der Waals surface area contributed by atoms with Crippen LogP contribution in [0.15, 0.2) is 40.0 Å². The third-order valence-corrected chi connectivity index (χ3v) is 3.92. The predicted molar refractivity (Wildman–Crippen MR) is 81.2 cm³/mol. The highest BCUT2D eigenvalue weighted by Crippen LogP contribution is 2.19. The SMILES string of the molecule is CCCc1noc(CSc2nnnn2Cc2ccccc2)n1. The first-order valence-corrected chi connectivity index (χ1v) is 8.08. The fourth-order valence-electron chi connectivity index (χ4n) is 1.96. The molecule has 3 aromatic rings. The van der Waals surface area contributed by atoms with Crippen molar-refractivity contribution in [3.05, 3.63) is 47.6 Å². The van der Waals surface area contributed by atoms with Crippen molar-refractivity contribution < 1.29 is 4.52 Å². The smallest absolute Gasteiger partial charge is 0.237 e. The Bertz CT molecular complexity index is 711. The summed E-state index contributed by atoms with van der Waals surface area (Å²) < 4.78 is 6.98. The monoisotopic (exact) mass is 316 g/mol. The van der Waals surface area contributed by atoms with Gasteiger partial charge in [-0.05, 0) is 22.4 Å². The molecule has 2 aromatic heterocycles. The van der Waals surface area contributed by atoms with Gasteiger partial charge in [0, 0.05) is 6.42 Å². The van der Waals surface area contributed by atoms with E-state index in [1.165, 1.54) is 11.8 Å². The molecule has 0 unspecified atom stereocenters. The second kappa shape index (κ2) is 7.17. The molecule has 0 radical (unpaired) electrons. The third-order valence-electron chi connectivity index (χ3n) is 2.98. The highest BCUT2D eigenvalue weighted by atomic mass is 32.2. The lowest BCUT2D eigenvalue weighted by molar-refractivity contribution is 0.384. The number of benzene rings is 1. The van der Waals surface area contributed by atoms with Crippen molar-refractivity contribution in [1.82, 2.24) is 30.3 Å². The molecule has 0 saturated carbocycles. The Morgan fingerprint density at radius 1 is 1.23 bits per heavy atom. The number of tetrazole rings is 1. The van der Waals surface area contributed by atoms with E-state index >= 15 is 0 Å². The fourth-order valence-corrected chi connectivity index (χ4v) is 2.67. The molecule has 7 nitrogen and oxygen atoms in total. The van der Waals surface area contributed by atoms with Gasteiger partial charge in [0.05, 0.1) is 12.3 Å². The van der Waals surface area contributed by atoms with Crippen LogP contribution in [-0.4, -0.2) is 30.3 Å². The Hall–Kier alpha value is -2.22. The summed E-state index contributed by atoms with van der Waals surface area (Å²) in [7, 11) is 0. The molecule has 0 fully saturated rings. The molecule has 0 atom stereocenters. The number of aryl methyl sites for hydroxylation is 1. The first kappa shape index (κ1) is 14.7. The average molecular weight is 316 g/mol. The van der Waals surface area contributed by atoms with Crippen LogP contribution in [0.2, 0.25) is 0 Å². The molecule has 0 aliphatic heterocycles. The molecule has 2 heterocycles. The zero-order valence-electron chi connectivity index (χ0n) is 12.2. The Morgan fingerprint density at radius 3 is 2.91 bits per heavy atom. The minimum Gasteiger partial charge on any atom is -0.338 e. The van der Waals surface area contributed by atoms with Crippen molar-refractivity contribution >= 4 is 11.8 Å². The maximum Gasteiger partial charge on any atom is 0.237 e. The van der Waals surface area contributed by atoms with E-state index in [1.54, 1.807) is 4.68 Å². The maximum atomic E-state index is 5.21. The van der Waals surface area contributed by atoms with Gasteiger partial charge >= 0.3 is 0 Å². The van der Waals surface area contributed by atoms with E-state index in [2.05, 4.69) is 32.6 Å². The van der Waals surface area contributed by atoms with Gasteiger partial charge in [-0.1, -0.05) is 54.2 Å². The zero-order valence-corrected chi connectivity index (χ0v) is 13.0. The standard InChI is InChI=1S/C14H16N6OS/c1-2-6-12-15-13(21-17-12)10-22-14-16-18-19-20(14)9-11-7-4-3-5-8-11/h3-5,7-8H,2,6,9-10H2,1H3. The number of hydrogen-bond donors (Lipinski definition) is 0. The molecular weight excluding hydrogens is 300 g/mol. The van der Waals surface area contributed by atoms with Crippen molar-refractivity contribution in [1.29, 1.82) is 0 Å². The molecule has 114 valence electrons. The normalized spacial score (nSPS) is 11.0. The van der Waals surface area contributed by atoms with Crippen molar-refractivity contribution in [2.75, 3.05) is 0 Å². The number of rotatable bonds is 7. The molecule has 0 amide bonds. The van der Waals surface area contributed by atoms with Crippen LogP contribution in [0, 0.1) is 0 Å². The summed E-state index contributed by atoms with van der Waals surface area (Å²) >= 11 is 1.49. The van der Waals surface area contributed by atoms with Crippen molar-refractivity contribution in [3.8, 4) is 0 Å². The summed E-state index contributed by atoms with van der Waals surface area (Å²) in [4.78, 5) is 4.34. The molecule has 22 heavy (non-hydrogen) atoms. The van der Waals surface area contributed by atoms with E-state index < -0.39 is 0 Å². The summed E-state index contributed by atoms with van der Waals surface area (Å²) in [6.45, 7) is 2.73. The minimum atomic E-state index is 0.561. The van der Waals surface area contributed by atoms with E-state index in [0.29, 0.717) is 18.2 Å². The summed E-state index contributed by atoms with van der Waals surface area (Å²) in [5.41, 5.74) is 1.15. The number of aromatic nitrogens is 6. The summed E-state index contributed by atoms with van der Waals surface area (Å²) in [6.07, 6.45) is 1.83. The van der Waals surface area contributed by atoms with Crippen LogP contribution in [0.4, 0.5) is 0 Å². The summed E-state index contributed by atoms with van der Waals surface area (Å²) in [5.74, 6) is 1.91. The molecule has 0 aliphatic carbocycles. The number of hydrogen-bond acceptors (Lipinski definition) is 7. The van der Waals surface area contributed by atoms with E-state index in [1.807, 2.05) is 30.3 Å².